The van der Waals surface area contributed by atoms with Gasteiger partial charge in [0, 0.05) is 19.0 Å². The van der Waals surface area contributed by atoms with Crippen LogP contribution >= 0.6 is 0 Å². The Bertz CT molecular complexity index is 357. The van der Waals surface area contributed by atoms with Crippen LogP contribution < -0.4 is 10.5 Å². The van der Waals surface area contributed by atoms with E-state index < -0.39 is 0 Å². The third kappa shape index (κ3) is 4.78. The number of ether oxygens (including phenoxy) is 2. The molecule has 0 aliphatic heterocycles. The molecule has 0 saturated carbocycles. The average Bonchev–Trinajstić information content (AvgIpc) is 2.34. The average molecular weight is 238 g/mol. The third-order valence-corrected chi connectivity index (χ3v) is 2.03. The highest BCUT2D eigenvalue weighted by atomic mass is 16.5. The van der Waals surface area contributed by atoms with E-state index in [0.717, 1.165) is 19.4 Å². The number of rotatable bonds is 8. The van der Waals surface area contributed by atoms with Crippen molar-refractivity contribution in [2.45, 2.75) is 19.8 Å². The van der Waals surface area contributed by atoms with Crippen molar-refractivity contribution in [1.82, 2.24) is 9.97 Å². The number of nitrogens with one attached hydrogen (secondary N) is 1. The molecule has 0 radical (unpaired) electrons. The largest absolute Gasteiger partial charge is 0.474 e. The normalized spacial score (nSPS) is 10.2. The number of hydrogen-bond donors (Lipinski definition) is 2. The molecular formula is C11H18N4O2. The first kappa shape index (κ1) is 13.4. The van der Waals surface area contributed by atoms with Gasteiger partial charge in [-0.25, -0.2) is 9.97 Å². The van der Waals surface area contributed by atoms with E-state index in [4.69, 9.17) is 20.6 Å². The van der Waals surface area contributed by atoms with Gasteiger partial charge >= 0.3 is 0 Å². The Labute approximate surface area is 101 Å². The van der Waals surface area contributed by atoms with Crippen molar-refractivity contribution in [2.24, 2.45) is 5.73 Å². The summed E-state index contributed by atoms with van der Waals surface area (Å²) in [6, 6.07) is 0. The molecule has 3 N–H and O–H groups in total. The van der Waals surface area contributed by atoms with E-state index in [2.05, 4.69) is 16.9 Å². The number of nitrogens with two attached hydrogens (primary N) is 1. The maximum absolute atomic E-state index is 7.31. The summed E-state index contributed by atoms with van der Waals surface area (Å²) in [5.74, 6) is 0.124. The summed E-state index contributed by atoms with van der Waals surface area (Å²) in [4.78, 5) is 7.90. The van der Waals surface area contributed by atoms with Crippen LogP contribution in [0.15, 0.2) is 12.4 Å². The topological polar surface area (TPSA) is 94.1 Å². The van der Waals surface area contributed by atoms with Gasteiger partial charge in [-0.2, -0.15) is 0 Å². The monoisotopic (exact) mass is 238 g/mol. The summed E-state index contributed by atoms with van der Waals surface area (Å²) < 4.78 is 10.7. The number of nitrogens with zero attached hydrogens (tertiary/aromatic N) is 2. The van der Waals surface area contributed by atoms with Gasteiger partial charge in [0.2, 0.25) is 5.88 Å². The van der Waals surface area contributed by atoms with E-state index in [1.165, 1.54) is 12.4 Å². The summed E-state index contributed by atoms with van der Waals surface area (Å²) in [5, 5.41) is 7.31. The van der Waals surface area contributed by atoms with E-state index in [0.29, 0.717) is 13.2 Å². The van der Waals surface area contributed by atoms with Crippen LogP contribution in [0.2, 0.25) is 0 Å². The Kier molecular flexibility index (Phi) is 5.95. The van der Waals surface area contributed by atoms with Gasteiger partial charge in [0.1, 0.15) is 12.4 Å². The second kappa shape index (κ2) is 7.56. The van der Waals surface area contributed by atoms with Crippen molar-refractivity contribution in [3.05, 3.63) is 18.1 Å². The molecule has 0 aromatic carbocycles. The molecule has 6 nitrogen and oxygen atoms in total. The molecule has 0 bridgehead atoms. The van der Waals surface area contributed by atoms with Crippen molar-refractivity contribution in [3.8, 4) is 5.88 Å². The third-order valence-electron chi connectivity index (χ3n) is 2.03. The zero-order valence-corrected chi connectivity index (χ0v) is 9.98. The molecule has 0 saturated heterocycles. The maximum Gasteiger partial charge on any atom is 0.243 e. The van der Waals surface area contributed by atoms with Gasteiger partial charge in [-0.15, -0.1) is 0 Å². The molecule has 1 rings (SSSR count). The minimum Gasteiger partial charge on any atom is -0.474 e. The minimum atomic E-state index is -0.153. The summed E-state index contributed by atoms with van der Waals surface area (Å²) >= 11 is 0. The zero-order valence-electron chi connectivity index (χ0n) is 9.98. The summed E-state index contributed by atoms with van der Waals surface area (Å²) in [6.45, 7) is 3.72. The second-order valence-electron chi connectivity index (χ2n) is 3.44. The van der Waals surface area contributed by atoms with E-state index >= 15 is 0 Å². The highest BCUT2D eigenvalue weighted by Gasteiger charge is 2.08. The van der Waals surface area contributed by atoms with Crippen LogP contribution in [-0.4, -0.2) is 35.6 Å². The molecule has 0 atom stereocenters. The molecule has 17 heavy (non-hydrogen) atoms. The standard InChI is InChI=1S/C11H18N4O2/c1-2-3-6-16-7-8-17-11-9(10(12)13)14-4-5-15-11/h4-5H,2-3,6-8H2,1H3,(H3,12,13). The first-order chi connectivity index (χ1) is 8.25. The molecule has 0 fully saturated rings. The van der Waals surface area contributed by atoms with Crippen LogP contribution in [0.25, 0.3) is 0 Å². The summed E-state index contributed by atoms with van der Waals surface area (Å²) in [7, 11) is 0. The fourth-order valence-corrected chi connectivity index (χ4v) is 1.16. The SMILES string of the molecule is CCCCOCCOc1nccnc1C(=N)N. The van der Waals surface area contributed by atoms with Crippen LogP contribution in [0.1, 0.15) is 25.5 Å². The number of aromatic nitrogens is 2. The van der Waals surface area contributed by atoms with Gasteiger partial charge in [0.25, 0.3) is 0 Å². The van der Waals surface area contributed by atoms with Crippen LogP contribution in [-0.2, 0) is 4.74 Å². The number of nitrogen functional groups attached to an aromatic ring is 1. The Morgan fingerprint density at radius 3 is 2.76 bits per heavy atom. The molecule has 1 heterocycles. The highest BCUT2D eigenvalue weighted by molar-refractivity contribution is 5.94. The quantitative estimate of drug-likeness (QED) is 0.399. The lowest BCUT2D eigenvalue weighted by atomic mass is 10.4. The minimum absolute atomic E-state index is 0.153. The smallest absolute Gasteiger partial charge is 0.243 e. The van der Waals surface area contributed by atoms with Gasteiger partial charge in [0.15, 0.2) is 5.69 Å². The van der Waals surface area contributed by atoms with E-state index in [-0.39, 0.29) is 17.4 Å². The van der Waals surface area contributed by atoms with E-state index in [1.807, 2.05) is 0 Å². The Morgan fingerprint density at radius 1 is 1.29 bits per heavy atom. The van der Waals surface area contributed by atoms with E-state index in [1.54, 1.807) is 0 Å². The van der Waals surface area contributed by atoms with Crippen molar-refractivity contribution in [2.75, 3.05) is 19.8 Å². The molecule has 0 aliphatic rings. The molecule has 1 aromatic heterocycles. The fourth-order valence-electron chi connectivity index (χ4n) is 1.16. The zero-order chi connectivity index (χ0) is 12.5. The lowest BCUT2D eigenvalue weighted by Crippen LogP contribution is -2.17. The highest BCUT2D eigenvalue weighted by Crippen LogP contribution is 2.09. The van der Waals surface area contributed by atoms with E-state index in [9.17, 15) is 0 Å². The summed E-state index contributed by atoms with van der Waals surface area (Å²) in [5.41, 5.74) is 5.62. The Morgan fingerprint density at radius 2 is 2.06 bits per heavy atom. The number of amidine groups is 1. The van der Waals surface area contributed by atoms with Crippen molar-refractivity contribution in [1.29, 1.82) is 5.41 Å². The van der Waals surface area contributed by atoms with Gasteiger partial charge in [-0.1, -0.05) is 13.3 Å². The molecule has 0 unspecified atom stereocenters. The van der Waals surface area contributed by atoms with Gasteiger partial charge in [0.05, 0.1) is 6.61 Å². The Hall–Kier alpha value is -1.69. The molecular weight excluding hydrogens is 220 g/mol. The molecule has 0 aliphatic carbocycles. The van der Waals surface area contributed by atoms with Crippen molar-refractivity contribution in [3.63, 3.8) is 0 Å². The Balaban J connectivity index is 2.34. The first-order valence-electron chi connectivity index (χ1n) is 5.61. The van der Waals surface area contributed by atoms with Gasteiger partial charge in [-0.3, -0.25) is 5.41 Å². The van der Waals surface area contributed by atoms with Crippen molar-refractivity contribution < 1.29 is 9.47 Å². The lowest BCUT2D eigenvalue weighted by molar-refractivity contribution is 0.0963. The van der Waals surface area contributed by atoms with Crippen LogP contribution in [0.5, 0.6) is 5.88 Å². The lowest BCUT2D eigenvalue weighted by Gasteiger charge is -2.08. The van der Waals surface area contributed by atoms with Gasteiger partial charge < -0.3 is 15.2 Å². The van der Waals surface area contributed by atoms with Crippen LogP contribution in [0.4, 0.5) is 0 Å². The molecule has 0 spiro atoms. The molecule has 6 heteroatoms. The summed E-state index contributed by atoms with van der Waals surface area (Å²) in [6.07, 6.45) is 5.13. The predicted octanol–water partition coefficient (Wildman–Crippen LogP) is 0.956. The molecule has 94 valence electrons. The van der Waals surface area contributed by atoms with Gasteiger partial charge in [-0.05, 0) is 6.42 Å². The number of unbranched alkanes of at least 4 members (excludes halogenated alkanes) is 1. The van der Waals surface area contributed by atoms with Crippen molar-refractivity contribution >= 4 is 5.84 Å². The van der Waals surface area contributed by atoms with Crippen LogP contribution in [0.3, 0.4) is 0 Å². The number of hydrogen-bond acceptors (Lipinski definition) is 5. The molecule has 1 aromatic rings. The predicted molar refractivity (Wildman–Crippen MR) is 64.3 cm³/mol. The maximum atomic E-state index is 7.31. The first-order valence-corrected chi connectivity index (χ1v) is 5.61. The second-order valence-corrected chi connectivity index (χ2v) is 3.44. The fraction of sp³-hybridized carbons (Fsp3) is 0.545. The molecule has 0 amide bonds. The van der Waals surface area contributed by atoms with Crippen LogP contribution in [0, 0.1) is 5.41 Å².